The van der Waals surface area contributed by atoms with E-state index in [1.54, 1.807) is 0 Å². The van der Waals surface area contributed by atoms with Crippen molar-refractivity contribution < 1.29 is 23.1 Å². The first-order chi connectivity index (χ1) is 15.1. The van der Waals surface area contributed by atoms with Gasteiger partial charge >= 0.3 is 13.3 Å². The molecule has 0 saturated carbocycles. The number of hydrogen-bond acceptors (Lipinski definition) is 1. The number of fused-ring (bicyclic) bond motifs is 1. The van der Waals surface area contributed by atoms with Crippen LogP contribution in [-0.4, -0.2) is 14.4 Å². The molecule has 0 aliphatic rings. The Hall–Kier alpha value is -2.31. The van der Waals surface area contributed by atoms with Gasteiger partial charge in [0.1, 0.15) is 0 Å². The second kappa shape index (κ2) is 8.56. The lowest BCUT2D eigenvalue weighted by molar-refractivity contribution is 0.0557. The molecule has 2 N–H and O–H groups in total. The van der Waals surface area contributed by atoms with E-state index >= 15 is 0 Å². The van der Waals surface area contributed by atoms with Gasteiger partial charge in [-0.1, -0.05) is 76.6 Å². The minimum absolute atomic E-state index is 0.0407. The Morgan fingerprint density at radius 1 is 1.00 bits per heavy atom. The van der Waals surface area contributed by atoms with Gasteiger partial charge in [0, 0.05) is 28.2 Å². The first-order valence-corrected chi connectivity index (χ1v) is 12.3. The standard InChI is InChI=1S/C24H21BrF2NO3P/c1-16-6-5-9-20-19(12-17-7-3-2-4-8-17)15-28(23(16)20)14-18-10-11-21(22(25)13-18)24(26,27)32(29,30)31/h2-11,13,15H,12,14H2,1H3,(H2,29,30,31). The molecular formula is C24H21BrF2NO3P. The molecule has 0 aliphatic carbocycles. The van der Waals surface area contributed by atoms with Crippen LogP contribution in [0, 0.1) is 6.92 Å². The van der Waals surface area contributed by atoms with Gasteiger partial charge in [-0.2, -0.15) is 8.78 Å². The van der Waals surface area contributed by atoms with E-state index in [0.29, 0.717) is 6.54 Å². The topological polar surface area (TPSA) is 62.5 Å². The average Bonchev–Trinajstić information content (AvgIpc) is 3.06. The van der Waals surface area contributed by atoms with Crippen molar-refractivity contribution in [3.05, 3.63) is 105 Å². The van der Waals surface area contributed by atoms with E-state index in [1.807, 2.05) is 37.3 Å². The molecular weight excluding hydrogens is 499 g/mol. The van der Waals surface area contributed by atoms with E-state index in [9.17, 15) is 13.3 Å². The van der Waals surface area contributed by atoms with E-state index < -0.39 is 18.8 Å². The molecule has 0 aliphatic heterocycles. The van der Waals surface area contributed by atoms with Crippen molar-refractivity contribution >= 4 is 34.4 Å². The number of hydrogen-bond donors (Lipinski definition) is 2. The lowest BCUT2D eigenvalue weighted by atomic mass is 10.0. The second-order valence-corrected chi connectivity index (χ2v) is 10.3. The van der Waals surface area contributed by atoms with Crippen molar-refractivity contribution in [2.24, 2.45) is 0 Å². The molecule has 4 rings (SSSR count). The van der Waals surface area contributed by atoms with Crippen molar-refractivity contribution in [1.82, 2.24) is 4.57 Å². The van der Waals surface area contributed by atoms with Gasteiger partial charge in [-0.05, 0) is 41.7 Å². The van der Waals surface area contributed by atoms with Crippen LogP contribution in [-0.2, 0) is 23.2 Å². The van der Waals surface area contributed by atoms with Gasteiger partial charge < -0.3 is 14.4 Å². The van der Waals surface area contributed by atoms with Crippen LogP contribution in [0.3, 0.4) is 0 Å². The molecule has 4 nitrogen and oxygen atoms in total. The van der Waals surface area contributed by atoms with Gasteiger partial charge in [0.25, 0.3) is 0 Å². The molecule has 0 amide bonds. The first kappa shape index (κ1) is 22.9. The SMILES string of the molecule is Cc1cccc2c(Cc3ccccc3)cn(Cc3ccc(C(F)(F)P(=O)(O)O)c(Br)c3)c12. The van der Waals surface area contributed by atoms with Crippen LogP contribution < -0.4 is 0 Å². The molecule has 1 heterocycles. The van der Waals surface area contributed by atoms with E-state index in [-0.39, 0.29) is 4.47 Å². The monoisotopic (exact) mass is 519 g/mol. The molecule has 3 aromatic carbocycles. The van der Waals surface area contributed by atoms with Gasteiger partial charge in [0.05, 0.1) is 5.52 Å². The summed E-state index contributed by atoms with van der Waals surface area (Å²) in [4.78, 5) is 18.1. The largest absolute Gasteiger partial charge is 0.399 e. The maximum absolute atomic E-state index is 14.2. The van der Waals surface area contributed by atoms with Crippen LogP contribution in [0.4, 0.5) is 8.78 Å². The number of alkyl halides is 2. The number of nitrogens with zero attached hydrogens (tertiary/aromatic N) is 1. The summed E-state index contributed by atoms with van der Waals surface area (Å²) in [5.41, 5.74) is 0.272. The molecule has 4 aromatic rings. The Bertz CT molecular complexity index is 1330. The summed E-state index contributed by atoms with van der Waals surface area (Å²) >= 11 is 3.07. The zero-order valence-corrected chi connectivity index (χ0v) is 19.7. The summed E-state index contributed by atoms with van der Waals surface area (Å²) in [5, 5.41) is 1.14. The number of aromatic nitrogens is 1. The molecule has 0 atom stereocenters. The minimum atomic E-state index is -5.64. The minimum Gasteiger partial charge on any atom is -0.343 e. The molecule has 0 unspecified atom stereocenters. The van der Waals surface area contributed by atoms with Crippen molar-refractivity contribution in [3.63, 3.8) is 0 Å². The third kappa shape index (κ3) is 4.30. The lowest BCUT2D eigenvalue weighted by Crippen LogP contribution is -2.14. The second-order valence-electron chi connectivity index (χ2n) is 7.82. The van der Waals surface area contributed by atoms with Crippen LogP contribution in [0.2, 0.25) is 0 Å². The van der Waals surface area contributed by atoms with Gasteiger partial charge in [0.15, 0.2) is 0 Å². The number of halogens is 3. The van der Waals surface area contributed by atoms with E-state index in [1.165, 1.54) is 23.3 Å². The molecule has 0 radical (unpaired) electrons. The van der Waals surface area contributed by atoms with E-state index in [2.05, 4.69) is 44.9 Å². The van der Waals surface area contributed by atoms with Crippen LogP contribution in [0.25, 0.3) is 10.9 Å². The molecule has 0 fully saturated rings. The summed E-state index contributed by atoms with van der Waals surface area (Å²) in [5.74, 6) is 0. The van der Waals surface area contributed by atoms with Gasteiger partial charge in [0.2, 0.25) is 0 Å². The zero-order chi connectivity index (χ0) is 23.1. The highest BCUT2D eigenvalue weighted by atomic mass is 79.9. The summed E-state index contributed by atoms with van der Waals surface area (Å²) in [6.07, 6.45) is 2.85. The van der Waals surface area contributed by atoms with Crippen molar-refractivity contribution in [2.45, 2.75) is 25.6 Å². The fourth-order valence-electron chi connectivity index (χ4n) is 3.96. The van der Waals surface area contributed by atoms with Crippen LogP contribution in [0.15, 0.2) is 77.4 Å². The molecule has 8 heteroatoms. The normalized spacial score (nSPS) is 12.4. The van der Waals surface area contributed by atoms with Crippen LogP contribution in [0.1, 0.15) is 27.8 Å². The van der Waals surface area contributed by atoms with Crippen LogP contribution >= 0.6 is 23.5 Å². The average molecular weight is 520 g/mol. The van der Waals surface area contributed by atoms with E-state index in [4.69, 9.17) is 9.79 Å². The molecule has 166 valence electrons. The molecule has 1 aromatic heterocycles. The predicted octanol–water partition coefficient (Wildman–Crippen LogP) is 6.58. The third-order valence-corrected chi connectivity index (χ3v) is 7.12. The quantitative estimate of drug-likeness (QED) is 0.283. The van der Waals surface area contributed by atoms with Crippen LogP contribution in [0.5, 0.6) is 0 Å². The fourth-order valence-corrected chi connectivity index (χ4v) is 5.29. The fraction of sp³-hybridized carbons (Fsp3) is 0.167. The number of para-hydroxylation sites is 1. The highest BCUT2D eigenvalue weighted by molar-refractivity contribution is 9.10. The third-order valence-electron chi connectivity index (χ3n) is 5.50. The van der Waals surface area contributed by atoms with Gasteiger partial charge in [-0.3, -0.25) is 4.57 Å². The Labute approximate surface area is 192 Å². The highest BCUT2D eigenvalue weighted by Gasteiger charge is 2.51. The molecule has 32 heavy (non-hydrogen) atoms. The Kier molecular flexibility index (Phi) is 6.12. The predicted molar refractivity (Wildman–Crippen MR) is 125 cm³/mol. The highest BCUT2D eigenvalue weighted by Crippen LogP contribution is 2.60. The summed E-state index contributed by atoms with van der Waals surface area (Å²) in [6, 6.07) is 20.3. The Balaban J connectivity index is 1.72. The summed E-state index contributed by atoms with van der Waals surface area (Å²) in [6.45, 7) is 2.46. The number of rotatable bonds is 6. The smallest absolute Gasteiger partial charge is 0.343 e. The maximum Gasteiger partial charge on any atom is 0.399 e. The van der Waals surface area contributed by atoms with Crippen molar-refractivity contribution in [2.75, 3.05) is 0 Å². The molecule has 0 spiro atoms. The molecule has 0 bridgehead atoms. The number of benzene rings is 3. The van der Waals surface area contributed by atoms with Crippen molar-refractivity contribution in [1.29, 1.82) is 0 Å². The summed E-state index contributed by atoms with van der Waals surface area (Å²) < 4.78 is 41.6. The molecule has 0 saturated heterocycles. The zero-order valence-electron chi connectivity index (χ0n) is 17.2. The lowest BCUT2D eigenvalue weighted by Gasteiger charge is -2.20. The van der Waals surface area contributed by atoms with Gasteiger partial charge in [-0.15, -0.1) is 0 Å². The van der Waals surface area contributed by atoms with E-state index in [0.717, 1.165) is 34.5 Å². The van der Waals surface area contributed by atoms with Crippen molar-refractivity contribution in [3.8, 4) is 0 Å². The Morgan fingerprint density at radius 3 is 2.38 bits per heavy atom. The van der Waals surface area contributed by atoms with Gasteiger partial charge in [-0.25, -0.2) is 0 Å². The maximum atomic E-state index is 14.2. The first-order valence-electron chi connectivity index (χ1n) is 9.91. The summed E-state index contributed by atoms with van der Waals surface area (Å²) in [7, 11) is -5.64. The number of aryl methyl sites for hydroxylation is 1. The Morgan fingerprint density at radius 2 is 1.72 bits per heavy atom.